The number of nitrogens with one attached hydrogen (secondary N) is 1. The zero-order valence-corrected chi connectivity index (χ0v) is 12.1. The van der Waals surface area contributed by atoms with Crippen molar-refractivity contribution < 1.29 is 9.13 Å². The maximum atomic E-state index is 13.7. The first-order chi connectivity index (χ1) is 9.15. The highest BCUT2D eigenvalue weighted by Gasteiger charge is 2.32. The summed E-state index contributed by atoms with van der Waals surface area (Å²) < 4.78 is 18.7. The molecule has 2 nitrogen and oxygen atoms in total. The Hall–Kier alpha value is -1.09. The zero-order chi connectivity index (χ0) is 13.8. The molecule has 0 aliphatic heterocycles. The van der Waals surface area contributed by atoms with E-state index in [1.165, 1.54) is 20.0 Å². The highest BCUT2D eigenvalue weighted by Crippen LogP contribution is 2.38. The van der Waals surface area contributed by atoms with Gasteiger partial charge in [0, 0.05) is 6.04 Å². The molecular weight excluding hydrogens is 241 g/mol. The van der Waals surface area contributed by atoms with Crippen LogP contribution >= 0.6 is 0 Å². The van der Waals surface area contributed by atoms with Gasteiger partial charge in [0.25, 0.3) is 0 Å². The second-order valence-corrected chi connectivity index (χ2v) is 5.53. The fourth-order valence-electron chi connectivity index (χ4n) is 2.75. The fraction of sp³-hybridized carbons (Fsp3) is 0.625. The predicted molar refractivity (Wildman–Crippen MR) is 76.0 cm³/mol. The van der Waals surface area contributed by atoms with Crippen molar-refractivity contribution in [2.75, 3.05) is 13.7 Å². The molecule has 2 atom stereocenters. The molecule has 1 aromatic carbocycles. The van der Waals surface area contributed by atoms with E-state index >= 15 is 0 Å². The predicted octanol–water partition coefficient (Wildman–Crippen LogP) is 3.40. The summed E-state index contributed by atoms with van der Waals surface area (Å²) in [7, 11) is 1.49. The van der Waals surface area contributed by atoms with Crippen LogP contribution in [0.2, 0.25) is 0 Å². The van der Waals surface area contributed by atoms with Gasteiger partial charge in [0.1, 0.15) is 0 Å². The average Bonchev–Trinajstić information content (AvgIpc) is 3.22. The third-order valence-corrected chi connectivity index (χ3v) is 4.14. The van der Waals surface area contributed by atoms with Crippen LogP contribution in [0.25, 0.3) is 0 Å². The standard InChI is InChI=1S/C16H24FNO/c1-4-18-15(11(2)13-6-7-13)10-12-5-8-16(19-3)14(17)9-12/h5,8-9,11,13,15,18H,4,6-7,10H2,1-3H3. The lowest BCUT2D eigenvalue weighted by molar-refractivity contribution is 0.343. The van der Waals surface area contributed by atoms with Crippen LogP contribution in [-0.2, 0) is 6.42 Å². The Kier molecular flexibility index (Phi) is 4.81. The van der Waals surface area contributed by atoms with E-state index in [0.717, 1.165) is 24.4 Å². The van der Waals surface area contributed by atoms with Crippen LogP contribution in [0.3, 0.4) is 0 Å². The van der Waals surface area contributed by atoms with Crippen molar-refractivity contribution in [2.45, 2.75) is 39.2 Å². The summed E-state index contributed by atoms with van der Waals surface area (Å²) in [5.74, 6) is 1.56. The Morgan fingerprint density at radius 3 is 2.68 bits per heavy atom. The van der Waals surface area contributed by atoms with Gasteiger partial charge in [-0.1, -0.05) is 19.9 Å². The van der Waals surface area contributed by atoms with Gasteiger partial charge in [-0.15, -0.1) is 0 Å². The van der Waals surface area contributed by atoms with E-state index in [4.69, 9.17) is 4.74 Å². The molecule has 2 rings (SSSR count). The maximum absolute atomic E-state index is 13.7. The van der Waals surface area contributed by atoms with Crippen LogP contribution in [0.5, 0.6) is 5.75 Å². The van der Waals surface area contributed by atoms with Crippen molar-refractivity contribution in [3.05, 3.63) is 29.6 Å². The fourth-order valence-corrected chi connectivity index (χ4v) is 2.75. The molecule has 0 spiro atoms. The molecule has 1 fully saturated rings. The van der Waals surface area contributed by atoms with E-state index in [-0.39, 0.29) is 5.82 Å². The monoisotopic (exact) mass is 265 g/mol. The van der Waals surface area contributed by atoms with Crippen molar-refractivity contribution in [1.82, 2.24) is 5.32 Å². The highest BCUT2D eigenvalue weighted by molar-refractivity contribution is 5.29. The number of hydrogen-bond acceptors (Lipinski definition) is 2. The van der Waals surface area contributed by atoms with E-state index in [1.54, 1.807) is 12.1 Å². The van der Waals surface area contributed by atoms with Crippen LogP contribution in [0.4, 0.5) is 4.39 Å². The molecule has 1 N–H and O–H groups in total. The normalized spacial score (nSPS) is 18.1. The lowest BCUT2D eigenvalue weighted by Crippen LogP contribution is -2.37. The van der Waals surface area contributed by atoms with Gasteiger partial charge < -0.3 is 10.1 Å². The Morgan fingerprint density at radius 2 is 2.16 bits per heavy atom. The van der Waals surface area contributed by atoms with Gasteiger partial charge in [-0.25, -0.2) is 4.39 Å². The van der Waals surface area contributed by atoms with Gasteiger partial charge in [-0.3, -0.25) is 0 Å². The highest BCUT2D eigenvalue weighted by atomic mass is 19.1. The van der Waals surface area contributed by atoms with Crippen molar-refractivity contribution in [1.29, 1.82) is 0 Å². The molecule has 0 saturated heterocycles. The average molecular weight is 265 g/mol. The topological polar surface area (TPSA) is 21.3 Å². The van der Waals surface area contributed by atoms with Gasteiger partial charge >= 0.3 is 0 Å². The molecule has 106 valence electrons. The van der Waals surface area contributed by atoms with Gasteiger partial charge in [0.05, 0.1) is 7.11 Å². The first-order valence-electron chi connectivity index (χ1n) is 7.21. The second-order valence-electron chi connectivity index (χ2n) is 5.53. The third kappa shape index (κ3) is 3.69. The maximum Gasteiger partial charge on any atom is 0.165 e. The summed E-state index contributed by atoms with van der Waals surface area (Å²) in [4.78, 5) is 0. The van der Waals surface area contributed by atoms with Crippen molar-refractivity contribution in [3.63, 3.8) is 0 Å². The summed E-state index contributed by atoms with van der Waals surface area (Å²) in [6.45, 7) is 5.40. The summed E-state index contributed by atoms with van der Waals surface area (Å²) in [6.07, 6.45) is 3.58. The molecule has 19 heavy (non-hydrogen) atoms. The first-order valence-corrected chi connectivity index (χ1v) is 7.21. The molecule has 3 heteroatoms. The van der Waals surface area contributed by atoms with Gasteiger partial charge in [0.15, 0.2) is 11.6 Å². The first kappa shape index (κ1) is 14.3. The van der Waals surface area contributed by atoms with Crippen molar-refractivity contribution in [2.24, 2.45) is 11.8 Å². The van der Waals surface area contributed by atoms with Gasteiger partial charge in [0.2, 0.25) is 0 Å². The summed E-state index contributed by atoms with van der Waals surface area (Å²) in [6, 6.07) is 5.72. The molecule has 1 saturated carbocycles. The molecule has 2 unspecified atom stereocenters. The Morgan fingerprint density at radius 1 is 1.42 bits per heavy atom. The molecule has 1 aliphatic carbocycles. The van der Waals surface area contributed by atoms with Crippen LogP contribution in [0.15, 0.2) is 18.2 Å². The molecule has 0 amide bonds. The van der Waals surface area contributed by atoms with E-state index in [9.17, 15) is 4.39 Å². The number of benzene rings is 1. The summed E-state index contributed by atoms with van der Waals surface area (Å²) >= 11 is 0. The number of ether oxygens (including phenoxy) is 1. The molecule has 1 aliphatic rings. The largest absolute Gasteiger partial charge is 0.494 e. The van der Waals surface area contributed by atoms with E-state index in [1.807, 2.05) is 6.07 Å². The Bertz CT molecular complexity index is 417. The number of methoxy groups -OCH3 is 1. The molecular formula is C16H24FNO. The number of halogens is 1. The molecule has 1 aromatic rings. The second kappa shape index (κ2) is 6.38. The number of hydrogen-bond donors (Lipinski definition) is 1. The molecule has 0 heterocycles. The van der Waals surface area contributed by atoms with Crippen LogP contribution < -0.4 is 10.1 Å². The third-order valence-electron chi connectivity index (χ3n) is 4.14. The smallest absolute Gasteiger partial charge is 0.165 e. The molecule has 0 aromatic heterocycles. The Balaban J connectivity index is 2.05. The van der Waals surface area contributed by atoms with E-state index in [0.29, 0.717) is 17.7 Å². The van der Waals surface area contributed by atoms with Crippen molar-refractivity contribution >= 4 is 0 Å². The van der Waals surface area contributed by atoms with Gasteiger partial charge in [-0.2, -0.15) is 0 Å². The molecule has 0 radical (unpaired) electrons. The Labute approximate surface area is 115 Å². The molecule has 0 bridgehead atoms. The zero-order valence-electron chi connectivity index (χ0n) is 12.1. The van der Waals surface area contributed by atoms with Gasteiger partial charge in [-0.05, 0) is 55.3 Å². The SMILES string of the molecule is CCNC(Cc1ccc(OC)c(F)c1)C(C)C1CC1. The lowest BCUT2D eigenvalue weighted by Gasteiger charge is -2.25. The minimum absolute atomic E-state index is 0.269. The lowest BCUT2D eigenvalue weighted by atomic mass is 9.91. The quantitative estimate of drug-likeness (QED) is 0.816. The summed E-state index contributed by atoms with van der Waals surface area (Å²) in [5, 5.41) is 3.55. The van der Waals surface area contributed by atoms with Crippen molar-refractivity contribution in [3.8, 4) is 5.75 Å². The van der Waals surface area contributed by atoms with E-state index in [2.05, 4.69) is 19.2 Å². The van der Waals surface area contributed by atoms with Crippen LogP contribution in [-0.4, -0.2) is 19.7 Å². The number of likely N-dealkylation sites (N-methyl/N-ethyl adjacent to an activating group) is 1. The minimum Gasteiger partial charge on any atom is -0.494 e. The van der Waals surface area contributed by atoms with E-state index < -0.39 is 0 Å². The van der Waals surface area contributed by atoms with Crippen LogP contribution in [0, 0.1) is 17.7 Å². The minimum atomic E-state index is -0.269. The van der Waals surface area contributed by atoms with Crippen LogP contribution in [0.1, 0.15) is 32.3 Å². The summed E-state index contributed by atoms with van der Waals surface area (Å²) in [5.41, 5.74) is 1.04. The number of rotatable bonds is 7.